The first-order chi connectivity index (χ1) is 6.65. The second kappa shape index (κ2) is 4.95. The summed E-state index contributed by atoms with van der Waals surface area (Å²) in [5, 5.41) is 11.2. The summed E-state index contributed by atoms with van der Waals surface area (Å²) in [6.07, 6.45) is 1.47. The topological polar surface area (TPSA) is 75.6 Å². The van der Waals surface area contributed by atoms with Crippen molar-refractivity contribution in [2.24, 2.45) is 0 Å². The molecule has 0 unspecified atom stereocenters. The molecule has 1 saturated heterocycles. The van der Waals surface area contributed by atoms with Crippen LogP contribution in [0.25, 0.3) is 0 Å². The summed E-state index contributed by atoms with van der Waals surface area (Å²) < 4.78 is 5.13. The lowest BCUT2D eigenvalue weighted by atomic mass is 10.2. The normalized spacial score (nSPS) is 23.1. The number of nitrogens with one attached hydrogen (secondary N) is 1. The largest absolute Gasteiger partial charge is 0.480 e. The van der Waals surface area contributed by atoms with Gasteiger partial charge in [0.15, 0.2) is 0 Å². The number of aliphatic carboxylic acids is 1. The molecular weight excluding hydrogens is 186 g/mol. The molecule has 0 saturated carbocycles. The third-order valence-corrected chi connectivity index (χ3v) is 2.24. The van der Waals surface area contributed by atoms with Gasteiger partial charge in [-0.05, 0) is 19.3 Å². The van der Waals surface area contributed by atoms with Crippen LogP contribution in [0.4, 0.5) is 0 Å². The van der Waals surface area contributed by atoms with Crippen molar-refractivity contribution in [1.82, 2.24) is 5.32 Å². The van der Waals surface area contributed by atoms with Gasteiger partial charge >= 0.3 is 5.97 Å². The average Bonchev–Trinajstić information content (AvgIpc) is 2.65. The summed E-state index contributed by atoms with van der Waals surface area (Å²) in [6.45, 7) is 2.30. The van der Waals surface area contributed by atoms with E-state index in [1.165, 1.54) is 0 Å². The number of rotatable bonds is 4. The van der Waals surface area contributed by atoms with Crippen molar-refractivity contribution in [3.8, 4) is 0 Å². The van der Waals surface area contributed by atoms with E-state index in [4.69, 9.17) is 9.84 Å². The van der Waals surface area contributed by atoms with E-state index < -0.39 is 18.1 Å². The molecule has 0 aromatic rings. The number of carbonyl (C=O) groups is 2. The van der Waals surface area contributed by atoms with Gasteiger partial charge in [-0.1, -0.05) is 6.92 Å². The molecule has 1 heterocycles. The second-order valence-electron chi connectivity index (χ2n) is 3.31. The van der Waals surface area contributed by atoms with Crippen LogP contribution in [0.1, 0.15) is 26.2 Å². The number of ether oxygens (including phenoxy) is 1. The van der Waals surface area contributed by atoms with Crippen LogP contribution in [-0.4, -0.2) is 35.7 Å². The molecule has 0 aliphatic carbocycles. The van der Waals surface area contributed by atoms with Crippen molar-refractivity contribution in [1.29, 1.82) is 0 Å². The van der Waals surface area contributed by atoms with Crippen LogP contribution >= 0.6 is 0 Å². The van der Waals surface area contributed by atoms with Crippen LogP contribution in [0.15, 0.2) is 0 Å². The van der Waals surface area contributed by atoms with Gasteiger partial charge < -0.3 is 15.2 Å². The van der Waals surface area contributed by atoms with Gasteiger partial charge in [-0.2, -0.15) is 0 Å². The van der Waals surface area contributed by atoms with Crippen LogP contribution in [0.5, 0.6) is 0 Å². The third-order valence-electron chi connectivity index (χ3n) is 2.24. The first-order valence-electron chi connectivity index (χ1n) is 4.80. The molecule has 5 heteroatoms. The highest BCUT2D eigenvalue weighted by atomic mass is 16.5. The Morgan fingerprint density at radius 2 is 2.36 bits per heavy atom. The van der Waals surface area contributed by atoms with Crippen molar-refractivity contribution in [2.75, 3.05) is 6.61 Å². The molecule has 80 valence electrons. The number of carbonyl (C=O) groups excluding carboxylic acids is 1. The van der Waals surface area contributed by atoms with Crippen molar-refractivity contribution < 1.29 is 19.4 Å². The maximum absolute atomic E-state index is 11.4. The zero-order valence-corrected chi connectivity index (χ0v) is 8.16. The van der Waals surface area contributed by atoms with Crippen molar-refractivity contribution in [3.05, 3.63) is 0 Å². The highest BCUT2D eigenvalue weighted by molar-refractivity contribution is 5.86. The van der Waals surface area contributed by atoms with Crippen LogP contribution in [-0.2, 0) is 14.3 Å². The van der Waals surface area contributed by atoms with E-state index in [9.17, 15) is 9.59 Å². The Kier molecular flexibility index (Phi) is 3.88. The van der Waals surface area contributed by atoms with Gasteiger partial charge in [-0.15, -0.1) is 0 Å². The summed E-state index contributed by atoms with van der Waals surface area (Å²) in [6, 6.07) is -0.799. The van der Waals surface area contributed by atoms with Crippen LogP contribution in [0, 0.1) is 0 Å². The fraction of sp³-hybridized carbons (Fsp3) is 0.778. The Labute approximate surface area is 82.4 Å². The molecule has 0 spiro atoms. The molecule has 0 radical (unpaired) electrons. The minimum absolute atomic E-state index is 0.309. The first kappa shape index (κ1) is 11.0. The minimum Gasteiger partial charge on any atom is -0.480 e. The predicted molar refractivity (Wildman–Crippen MR) is 48.8 cm³/mol. The lowest BCUT2D eigenvalue weighted by Crippen LogP contribution is -2.44. The van der Waals surface area contributed by atoms with Gasteiger partial charge in [0.1, 0.15) is 12.1 Å². The smallest absolute Gasteiger partial charge is 0.326 e. The molecule has 1 aliphatic heterocycles. The predicted octanol–water partition coefficient (Wildman–Crippen LogP) is 0.145. The first-order valence-corrected chi connectivity index (χ1v) is 4.80. The average molecular weight is 201 g/mol. The second-order valence-corrected chi connectivity index (χ2v) is 3.31. The summed E-state index contributed by atoms with van der Waals surface area (Å²) in [7, 11) is 0. The lowest BCUT2D eigenvalue weighted by Gasteiger charge is -2.15. The zero-order chi connectivity index (χ0) is 10.6. The Morgan fingerprint density at radius 1 is 1.64 bits per heavy atom. The third kappa shape index (κ3) is 2.70. The van der Waals surface area contributed by atoms with Gasteiger partial charge in [0.2, 0.25) is 5.91 Å². The van der Waals surface area contributed by atoms with Crippen LogP contribution in [0.3, 0.4) is 0 Å². The highest BCUT2D eigenvalue weighted by Gasteiger charge is 2.27. The highest BCUT2D eigenvalue weighted by Crippen LogP contribution is 2.12. The van der Waals surface area contributed by atoms with Gasteiger partial charge in [0, 0.05) is 6.61 Å². The number of hydrogen-bond donors (Lipinski definition) is 2. The molecule has 1 rings (SSSR count). The minimum atomic E-state index is -1.00. The maximum atomic E-state index is 11.4. The summed E-state index contributed by atoms with van der Waals surface area (Å²) in [5.74, 6) is -1.31. The molecule has 0 bridgehead atoms. The van der Waals surface area contributed by atoms with Crippen molar-refractivity contribution in [3.63, 3.8) is 0 Å². The van der Waals surface area contributed by atoms with Crippen molar-refractivity contribution in [2.45, 2.75) is 38.3 Å². The van der Waals surface area contributed by atoms with E-state index in [1.807, 2.05) is 0 Å². The molecule has 1 amide bonds. The standard InChI is InChI=1S/C9H15NO4/c1-2-6(9(12)13)10-8(11)7-4-3-5-14-7/h6-7H,2-5H2,1H3,(H,10,11)(H,12,13)/t6-,7-/m1/s1. The van der Waals surface area contributed by atoms with E-state index in [1.54, 1.807) is 6.92 Å². The molecule has 5 nitrogen and oxygen atoms in total. The molecule has 1 fully saturated rings. The Bertz CT molecular complexity index is 223. The number of carboxylic acids is 1. The van der Waals surface area contributed by atoms with E-state index in [-0.39, 0.29) is 5.91 Å². The van der Waals surface area contributed by atoms with E-state index in [0.717, 1.165) is 6.42 Å². The Hall–Kier alpha value is -1.10. The monoisotopic (exact) mass is 201 g/mol. The number of carboxylic acid groups (broad SMARTS) is 1. The van der Waals surface area contributed by atoms with E-state index in [2.05, 4.69) is 5.32 Å². The zero-order valence-electron chi connectivity index (χ0n) is 8.16. The van der Waals surface area contributed by atoms with Gasteiger partial charge in [-0.25, -0.2) is 4.79 Å². The fourth-order valence-corrected chi connectivity index (χ4v) is 1.39. The lowest BCUT2D eigenvalue weighted by molar-refractivity contribution is -0.143. The molecular formula is C9H15NO4. The summed E-state index contributed by atoms with van der Waals surface area (Å²) >= 11 is 0. The molecule has 2 atom stereocenters. The van der Waals surface area contributed by atoms with Crippen LogP contribution < -0.4 is 5.32 Å². The SMILES string of the molecule is CC[C@@H](NC(=O)[C@H]1CCCO1)C(=O)O. The Balaban J connectivity index is 2.41. The number of hydrogen-bond acceptors (Lipinski definition) is 3. The fourth-order valence-electron chi connectivity index (χ4n) is 1.39. The van der Waals surface area contributed by atoms with Gasteiger partial charge in [-0.3, -0.25) is 4.79 Å². The summed E-state index contributed by atoms with van der Waals surface area (Å²) in [4.78, 5) is 22.0. The molecule has 0 aromatic carbocycles. The Morgan fingerprint density at radius 3 is 2.79 bits per heavy atom. The van der Waals surface area contributed by atoms with Gasteiger partial charge in [0.05, 0.1) is 0 Å². The maximum Gasteiger partial charge on any atom is 0.326 e. The number of amides is 1. The quantitative estimate of drug-likeness (QED) is 0.678. The van der Waals surface area contributed by atoms with Crippen molar-refractivity contribution >= 4 is 11.9 Å². The van der Waals surface area contributed by atoms with Gasteiger partial charge in [0.25, 0.3) is 0 Å². The molecule has 14 heavy (non-hydrogen) atoms. The molecule has 1 aliphatic rings. The summed E-state index contributed by atoms with van der Waals surface area (Å²) in [5.41, 5.74) is 0. The molecule has 0 aromatic heterocycles. The molecule has 2 N–H and O–H groups in total. The van der Waals surface area contributed by atoms with Crippen LogP contribution in [0.2, 0.25) is 0 Å². The van der Waals surface area contributed by atoms with E-state index in [0.29, 0.717) is 19.4 Å². The van der Waals surface area contributed by atoms with E-state index >= 15 is 0 Å².